The van der Waals surface area contributed by atoms with Gasteiger partial charge in [0.15, 0.2) is 8.32 Å². The summed E-state index contributed by atoms with van der Waals surface area (Å²) in [4.78, 5) is 14.6. The predicted molar refractivity (Wildman–Crippen MR) is 82.0 cm³/mol. The van der Waals surface area contributed by atoms with E-state index in [1.165, 1.54) is 6.08 Å². The average Bonchev–Trinajstić information content (AvgIpc) is 2.72. The maximum Gasteiger partial charge on any atom is 0.328 e. The molecule has 0 spiro atoms. The van der Waals surface area contributed by atoms with Gasteiger partial charge in [0.05, 0.1) is 6.61 Å². The van der Waals surface area contributed by atoms with Gasteiger partial charge in [-0.15, -0.1) is 0 Å². The SMILES string of the molecule is CC(C)(C)[Si](C)(C)OCCn1ccnc1C=CC(=O)O. The lowest BCUT2D eigenvalue weighted by atomic mass is 10.2. The summed E-state index contributed by atoms with van der Waals surface area (Å²) in [5.41, 5.74) is 0. The van der Waals surface area contributed by atoms with Crippen molar-refractivity contribution in [1.29, 1.82) is 0 Å². The second-order valence-corrected chi connectivity index (χ2v) is 11.1. The molecule has 5 nitrogen and oxygen atoms in total. The first-order chi connectivity index (χ1) is 9.13. The van der Waals surface area contributed by atoms with Crippen molar-refractivity contribution in [3.05, 3.63) is 24.3 Å². The molecular formula is C14H24N2O3Si. The van der Waals surface area contributed by atoms with E-state index in [4.69, 9.17) is 9.53 Å². The number of carboxylic acid groups (broad SMARTS) is 1. The summed E-state index contributed by atoms with van der Waals surface area (Å²) in [6, 6.07) is 0. The third kappa shape index (κ3) is 4.61. The zero-order valence-electron chi connectivity index (χ0n) is 12.9. The Labute approximate surface area is 121 Å². The monoisotopic (exact) mass is 296 g/mol. The van der Waals surface area contributed by atoms with E-state index in [2.05, 4.69) is 38.8 Å². The van der Waals surface area contributed by atoms with E-state index >= 15 is 0 Å². The number of carboxylic acids is 1. The molecule has 0 aliphatic heterocycles. The molecule has 0 aliphatic rings. The minimum absolute atomic E-state index is 0.188. The van der Waals surface area contributed by atoms with Gasteiger partial charge in [-0.25, -0.2) is 9.78 Å². The molecule has 0 amide bonds. The zero-order chi connectivity index (χ0) is 15.4. The van der Waals surface area contributed by atoms with Crippen molar-refractivity contribution in [3.63, 3.8) is 0 Å². The molecular weight excluding hydrogens is 272 g/mol. The lowest BCUT2D eigenvalue weighted by Gasteiger charge is -2.36. The topological polar surface area (TPSA) is 64.4 Å². The van der Waals surface area contributed by atoms with Crippen LogP contribution in [-0.2, 0) is 15.8 Å². The Hall–Kier alpha value is -1.40. The van der Waals surface area contributed by atoms with E-state index in [0.29, 0.717) is 19.0 Å². The van der Waals surface area contributed by atoms with Crippen LogP contribution < -0.4 is 0 Å². The molecule has 6 heteroatoms. The van der Waals surface area contributed by atoms with Crippen LogP contribution in [0.5, 0.6) is 0 Å². The molecule has 0 aromatic carbocycles. The molecule has 1 rings (SSSR count). The normalized spacial score (nSPS) is 13.1. The van der Waals surface area contributed by atoms with Crippen LogP contribution >= 0.6 is 0 Å². The lowest BCUT2D eigenvalue weighted by Crippen LogP contribution is -2.41. The van der Waals surface area contributed by atoms with Crippen molar-refractivity contribution < 1.29 is 14.3 Å². The summed E-state index contributed by atoms with van der Waals surface area (Å²) in [5.74, 6) is -0.344. The summed E-state index contributed by atoms with van der Waals surface area (Å²) < 4.78 is 7.99. The quantitative estimate of drug-likeness (QED) is 0.647. The van der Waals surface area contributed by atoms with Gasteiger partial charge in [0.25, 0.3) is 0 Å². The van der Waals surface area contributed by atoms with Gasteiger partial charge in [0, 0.05) is 25.0 Å². The highest BCUT2D eigenvalue weighted by atomic mass is 28.4. The summed E-state index contributed by atoms with van der Waals surface area (Å²) >= 11 is 0. The van der Waals surface area contributed by atoms with E-state index in [-0.39, 0.29) is 5.04 Å². The second-order valence-electron chi connectivity index (χ2n) is 6.26. The lowest BCUT2D eigenvalue weighted by molar-refractivity contribution is -0.131. The molecule has 1 aromatic rings. The summed E-state index contributed by atoms with van der Waals surface area (Å²) in [6.07, 6.45) is 6.08. The van der Waals surface area contributed by atoms with Crippen molar-refractivity contribution >= 4 is 20.4 Å². The van der Waals surface area contributed by atoms with Crippen molar-refractivity contribution in [3.8, 4) is 0 Å². The van der Waals surface area contributed by atoms with Crippen LogP contribution in [-0.4, -0.2) is 35.6 Å². The molecule has 112 valence electrons. The van der Waals surface area contributed by atoms with Crippen LogP contribution in [0, 0.1) is 0 Å². The van der Waals surface area contributed by atoms with Crippen molar-refractivity contribution in [2.45, 2.75) is 45.4 Å². The number of hydrogen-bond donors (Lipinski definition) is 1. The fourth-order valence-electron chi connectivity index (χ4n) is 1.43. The molecule has 0 radical (unpaired) electrons. The number of imidazole rings is 1. The molecule has 0 bridgehead atoms. The van der Waals surface area contributed by atoms with E-state index < -0.39 is 14.3 Å². The van der Waals surface area contributed by atoms with Gasteiger partial charge >= 0.3 is 5.97 Å². The second kappa shape index (κ2) is 6.36. The molecule has 20 heavy (non-hydrogen) atoms. The fraction of sp³-hybridized carbons (Fsp3) is 0.571. The summed E-state index contributed by atoms with van der Waals surface area (Å²) in [7, 11) is -1.74. The number of carbonyl (C=O) groups is 1. The molecule has 0 atom stereocenters. The van der Waals surface area contributed by atoms with Gasteiger partial charge in [0.2, 0.25) is 0 Å². The Morgan fingerprint density at radius 3 is 2.70 bits per heavy atom. The van der Waals surface area contributed by atoms with Crippen molar-refractivity contribution in [2.24, 2.45) is 0 Å². The van der Waals surface area contributed by atoms with Crippen LogP contribution in [0.1, 0.15) is 26.6 Å². The molecule has 0 aliphatic carbocycles. The highest BCUT2D eigenvalue weighted by Crippen LogP contribution is 2.36. The van der Waals surface area contributed by atoms with Gasteiger partial charge in [0.1, 0.15) is 5.82 Å². The maximum atomic E-state index is 10.5. The molecule has 0 fully saturated rings. The van der Waals surface area contributed by atoms with Crippen LogP contribution in [0.2, 0.25) is 18.1 Å². The highest BCUT2D eigenvalue weighted by Gasteiger charge is 2.36. The van der Waals surface area contributed by atoms with Crippen LogP contribution in [0.15, 0.2) is 18.5 Å². The summed E-state index contributed by atoms with van der Waals surface area (Å²) in [5, 5.41) is 8.82. The fourth-order valence-corrected chi connectivity index (χ4v) is 2.46. The largest absolute Gasteiger partial charge is 0.478 e. The van der Waals surface area contributed by atoms with Gasteiger partial charge in [-0.3, -0.25) is 0 Å². The standard InChI is InChI=1S/C14H24N2O3Si/c1-14(2,3)20(4,5)19-11-10-16-9-8-15-12(16)6-7-13(17)18/h6-9H,10-11H2,1-5H3,(H,17,18). The molecule has 0 unspecified atom stereocenters. The smallest absolute Gasteiger partial charge is 0.328 e. The van der Waals surface area contributed by atoms with E-state index in [0.717, 1.165) is 6.08 Å². The Morgan fingerprint density at radius 2 is 2.15 bits per heavy atom. The van der Waals surface area contributed by atoms with Gasteiger partial charge in [-0.1, -0.05) is 20.8 Å². The number of aromatic nitrogens is 2. The zero-order valence-corrected chi connectivity index (χ0v) is 13.9. The van der Waals surface area contributed by atoms with E-state index in [1.807, 2.05) is 10.8 Å². The van der Waals surface area contributed by atoms with E-state index in [9.17, 15) is 4.79 Å². The van der Waals surface area contributed by atoms with Crippen LogP contribution in [0.3, 0.4) is 0 Å². The molecule has 1 aromatic heterocycles. The summed E-state index contributed by atoms with van der Waals surface area (Å²) in [6.45, 7) is 12.3. The third-order valence-electron chi connectivity index (χ3n) is 3.72. The molecule has 0 saturated carbocycles. The Balaban J connectivity index is 2.60. The first-order valence-electron chi connectivity index (χ1n) is 6.69. The number of rotatable bonds is 6. The number of hydrogen-bond acceptors (Lipinski definition) is 3. The maximum absolute atomic E-state index is 10.5. The highest BCUT2D eigenvalue weighted by molar-refractivity contribution is 6.74. The first-order valence-corrected chi connectivity index (χ1v) is 9.60. The predicted octanol–water partition coefficient (Wildman–Crippen LogP) is 3.00. The first kappa shape index (κ1) is 16.7. The van der Waals surface area contributed by atoms with Gasteiger partial charge in [-0.2, -0.15) is 0 Å². The molecule has 1 heterocycles. The van der Waals surface area contributed by atoms with Gasteiger partial charge in [-0.05, 0) is 24.2 Å². The van der Waals surface area contributed by atoms with Gasteiger partial charge < -0.3 is 14.1 Å². The number of aliphatic carboxylic acids is 1. The Morgan fingerprint density at radius 1 is 1.50 bits per heavy atom. The molecule has 1 N–H and O–H groups in total. The van der Waals surface area contributed by atoms with Crippen molar-refractivity contribution in [2.75, 3.05) is 6.61 Å². The van der Waals surface area contributed by atoms with Crippen molar-refractivity contribution in [1.82, 2.24) is 9.55 Å². The minimum atomic E-state index is -1.74. The minimum Gasteiger partial charge on any atom is -0.478 e. The van der Waals surface area contributed by atoms with Crippen LogP contribution in [0.4, 0.5) is 0 Å². The Bertz CT molecular complexity index is 487. The Kier molecular flexibility index (Phi) is 5.30. The average molecular weight is 296 g/mol. The number of nitrogens with zero attached hydrogens (tertiary/aromatic N) is 2. The molecule has 0 saturated heterocycles. The third-order valence-corrected chi connectivity index (χ3v) is 8.26. The van der Waals surface area contributed by atoms with Crippen LogP contribution in [0.25, 0.3) is 6.08 Å². The van der Waals surface area contributed by atoms with E-state index in [1.54, 1.807) is 6.20 Å².